The van der Waals surface area contributed by atoms with Gasteiger partial charge in [0.15, 0.2) is 0 Å². The van der Waals surface area contributed by atoms with E-state index in [9.17, 15) is 13.2 Å². The van der Waals surface area contributed by atoms with Crippen molar-refractivity contribution < 1.29 is 41.7 Å². The highest BCUT2D eigenvalue weighted by atomic mass is 32.2. The summed E-state index contributed by atoms with van der Waals surface area (Å²) >= 11 is 0. The second-order valence-corrected chi connectivity index (χ2v) is 16.2. The number of sulfonamides is 1. The fourth-order valence-corrected chi connectivity index (χ4v) is 8.75. The number of rotatable bonds is 19. The largest absolute Gasteiger partial charge is 0.490 e. The number of piperidine rings is 1. The van der Waals surface area contributed by atoms with E-state index in [1.165, 1.54) is 18.5 Å². The number of hydrogen-bond acceptors (Lipinski definition) is 10. The Balaban J connectivity index is 1.44. The number of hydrogen-bond donors (Lipinski definition) is 0. The molecular weight excluding hydrogens is 711 g/mol. The molecule has 0 aromatic heterocycles. The molecule has 0 aliphatic carbocycles. The van der Waals surface area contributed by atoms with E-state index in [0.29, 0.717) is 39.5 Å². The van der Waals surface area contributed by atoms with Crippen LogP contribution in [0.15, 0.2) is 71.6 Å². The predicted molar refractivity (Wildman–Crippen MR) is 207 cm³/mol. The average Bonchev–Trinajstić information content (AvgIpc) is 3.17. The Morgan fingerprint density at radius 1 is 0.963 bits per heavy atom. The third kappa shape index (κ3) is 10.8. The molecule has 296 valence electrons. The van der Waals surface area contributed by atoms with Gasteiger partial charge in [-0.2, -0.15) is 4.31 Å². The first-order valence-corrected chi connectivity index (χ1v) is 20.1. The Morgan fingerprint density at radius 3 is 2.41 bits per heavy atom. The second-order valence-electron chi connectivity index (χ2n) is 14.3. The first-order chi connectivity index (χ1) is 26.0. The molecule has 1 saturated heterocycles. The molecule has 2 aliphatic rings. The van der Waals surface area contributed by atoms with Gasteiger partial charge in [-0.05, 0) is 60.7 Å². The number of amides is 1. The molecule has 0 radical (unpaired) electrons. The van der Waals surface area contributed by atoms with E-state index in [2.05, 4.69) is 30.0 Å². The topological polar surface area (TPSA) is 116 Å². The first-order valence-electron chi connectivity index (χ1n) is 18.7. The maximum absolute atomic E-state index is 14.4. The smallest absolute Gasteiger partial charge is 0.247 e. The summed E-state index contributed by atoms with van der Waals surface area (Å²) in [6.45, 7) is 8.93. The fraction of sp³-hybridized carbons (Fsp3) is 0.537. The van der Waals surface area contributed by atoms with Gasteiger partial charge in [0.25, 0.3) is 0 Å². The summed E-state index contributed by atoms with van der Waals surface area (Å²) in [5.74, 6) is 0.598. The zero-order valence-electron chi connectivity index (χ0n) is 32.6. The lowest BCUT2D eigenvalue weighted by Gasteiger charge is -2.43. The standard InChI is InChI=1S/C41H57N3O9S/c1-30-8-15-36(16-9-30)54(46,47)44-25-40(53-29-33-12-17-39-38(22-33)43(19-21-52-39)18-7-20-48-4)37(23-35(44)24-41(45)42(3)50-6)34-13-10-32(11-14-34)28-51-27-31(2)26-49-5/h8-17,22,31,35,37,40H,7,18-21,23-29H2,1-6H3/t31-,35+,37+,40-/m0/s1. The molecule has 0 bridgehead atoms. The highest BCUT2D eigenvalue weighted by molar-refractivity contribution is 7.89. The quantitative estimate of drug-likeness (QED) is 0.113. The Bertz CT molecular complexity index is 1740. The van der Waals surface area contributed by atoms with Crippen LogP contribution in [0.5, 0.6) is 5.75 Å². The van der Waals surface area contributed by atoms with Gasteiger partial charge in [-0.15, -0.1) is 0 Å². The summed E-state index contributed by atoms with van der Waals surface area (Å²) in [5, 5.41) is 1.15. The van der Waals surface area contributed by atoms with Gasteiger partial charge in [-0.25, -0.2) is 13.5 Å². The molecule has 3 aromatic rings. The van der Waals surface area contributed by atoms with Crippen LogP contribution in [0.4, 0.5) is 5.69 Å². The van der Waals surface area contributed by atoms with Gasteiger partial charge in [0.05, 0.1) is 56.8 Å². The van der Waals surface area contributed by atoms with Gasteiger partial charge >= 0.3 is 0 Å². The molecule has 0 N–H and O–H groups in total. The van der Waals surface area contributed by atoms with E-state index in [1.54, 1.807) is 38.5 Å². The van der Waals surface area contributed by atoms with Crippen LogP contribution in [0, 0.1) is 12.8 Å². The fourth-order valence-electron chi connectivity index (χ4n) is 7.11. The summed E-state index contributed by atoms with van der Waals surface area (Å²) in [6.07, 6.45) is 0.703. The second kappa shape index (κ2) is 19.9. The number of nitrogens with zero attached hydrogens (tertiary/aromatic N) is 3. The lowest BCUT2D eigenvalue weighted by atomic mass is 9.83. The third-order valence-electron chi connectivity index (χ3n) is 10.2. The van der Waals surface area contributed by atoms with E-state index in [4.69, 9.17) is 28.5 Å². The molecule has 3 aromatic carbocycles. The molecule has 0 saturated carbocycles. The molecule has 12 nitrogen and oxygen atoms in total. The van der Waals surface area contributed by atoms with Gasteiger partial charge in [-0.1, -0.05) is 55.0 Å². The molecule has 0 spiro atoms. The maximum atomic E-state index is 14.4. The molecule has 4 atom stereocenters. The van der Waals surface area contributed by atoms with Crippen molar-refractivity contribution in [3.8, 4) is 5.75 Å². The summed E-state index contributed by atoms with van der Waals surface area (Å²) in [4.78, 5) is 21.0. The molecule has 13 heteroatoms. The van der Waals surface area contributed by atoms with Crippen molar-refractivity contribution >= 4 is 21.6 Å². The summed E-state index contributed by atoms with van der Waals surface area (Å²) < 4.78 is 59.4. The predicted octanol–water partition coefficient (Wildman–Crippen LogP) is 5.57. The van der Waals surface area contributed by atoms with Gasteiger partial charge in [-0.3, -0.25) is 9.63 Å². The van der Waals surface area contributed by atoms with Crippen LogP contribution >= 0.6 is 0 Å². The normalized spacial score (nSPS) is 19.6. The molecule has 54 heavy (non-hydrogen) atoms. The summed E-state index contributed by atoms with van der Waals surface area (Å²) in [5.41, 5.74) is 4.95. The van der Waals surface area contributed by atoms with Crippen LogP contribution in [0.25, 0.3) is 0 Å². The molecular formula is C41H57N3O9S. The van der Waals surface area contributed by atoms with Crippen LogP contribution in [-0.4, -0.2) is 110 Å². The Labute approximate surface area is 321 Å². The number of carbonyl (C=O) groups is 1. The summed E-state index contributed by atoms with van der Waals surface area (Å²) in [7, 11) is 2.35. The lowest BCUT2D eigenvalue weighted by molar-refractivity contribution is -0.170. The number of ether oxygens (including phenoxy) is 5. The molecule has 0 unspecified atom stereocenters. The molecule has 2 heterocycles. The molecule has 1 fully saturated rings. The maximum Gasteiger partial charge on any atom is 0.247 e. The highest BCUT2D eigenvalue weighted by Crippen LogP contribution is 2.39. The lowest BCUT2D eigenvalue weighted by Crippen LogP contribution is -2.53. The van der Waals surface area contributed by atoms with Crippen molar-refractivity contribution in [1.82, 2.24) is 9.37 Å². The van der Waals surface area contributed by atoms with Crippen molar-refractivity contribution in [2.75, 3.05) is 79.3 Å². The van der Waals surface area contributed by atoms with Crippen molar-refractivity contribution in [2.24, 2.45) is 5.92 Å². The van der Waals surface area contributed by atoms with Crippen molar-refractivity contribution in [1.29, 1.82) is 0 Å². The molecule has 5 rings (SSSR count). The van der Waals surface area contributed by atoms with Crippen LogP contribution in [0.1, 0.15) is 54.4 Å². The van der Waals surface area contributed by atoms with Crippen LogP contribution in [0.3, 0.4) is 0 Å². The number of benzene rings is 3. The average molecular weight is 768 g/mol. The van der Waals surface area contributed by atoms with Crippen molar-refractivity contribution in [3.05, 3.63) is 89.0 Å². The van der Waals surface area contributed by atoms with E-state index in [1.807, 2.05) is 31.2 Å². The Hall–Kier alpha value is -3.56. The number of aryl methyl sites for hydroxylation is 1. The molecule has 1 amide bonds. The first kappa shape index (κ1) is 41.6. The Kier molecular flexibility index (Phi) is 15.3. The number of carbonyl (C=O) groups excluding carboxylic acids is 1. The number of fused-ring (bicyclic) bond motifs is 1. The highest BCUT2D eigenvalue weighted by Gasteiger charge is 2.44. The van der Waals surface area contributed by atoms with E-state index < -0.39 is 22.2 Å². The number of hydroxylamine groups is 2. The van der Waals surface area contributed by atoms with Gasteiger partial charge in [0.1, 0.15) is 12.4 Å². The van der Waals surface area contributed by atoms with Crippen molar-refractivity contribution in [2.45, 2.75) is 69.3 Å². The third-order valence-corrected chi connectivity index (χ3v) is 12.1. The van der Waals surface area contributed by atoms with Crippen molar-refractivity contribution in [3.63, 3.8) is 0 Å². The SMILES string of the molecule is COCCCN1CCOc2ccc(CO[C@H]3CN(S(=O)(=O)c4ccc(C)cc4)[C@@H](CC(=O)N(C)OC)C[C@@H]3c3ccc(COC[C@@H](C)COC)cc3)cc21. The van der Waals surface area contributed by atoms with Crippen LogP contribution < -0.4 is 9.64 Å². The minimum atomic E-state index is -4.00. The van der Waals surface area contributed by atoms with Gasteiger partial charge < -0.3 is 28.6 Å². The van der Waals surface area contributed by atoms with E-state index in [0.717, 1.165) is 58.3 Å². The van der Waals surface area contributed by atoms with Gasteiger partial charge in [0.2, 0.25) is 15.9 Å². The monoisotopic (exact) mass is 767 g/mol. The number of methoxy groups -OCH3 is 2. The van der Waals surface area contributed by atoms with Gasteiger partial charge in [0, 0.05) is 65.3 Å². The van der Waals surface area contributed by atoms with E-state index in [-0.39, 0.29) is 42.2 Å². The summed E-state index contributed by atoms with van der Waals surface area (Å²) in [6, 6.07) is 20.5. The molecule has 2 aliphatic heterocycles. The number of anilines is 1. The minimum absolute atomic E-state index is 0.0477. The zero-order chi connectivity index (χ0) is 38.7. The van der Waals surface area contributed by atoms with Crippen LogP contribution in [0.2, 0.25) is 0 Å². The minimum Gasteiger partial charge on any atom is -0.490 e. The van der Waals surface area contributed by atoms with E-state index >= 15 is 0 Å². The Morgan fingerprint density at radius 2 is 1.70 bits per heavy atom. The van der Waals surface area contributed by atoms with Crippen LogP contribution in [-0.2, 0) is 51.8 Å². The zero-order valence-corrected chi connectivity index (χ0v) is 33.4.